The van der Waals surface area contributed by atoms with E-state index in [1.54, 1.807) is 6.42 Å². The molecule has 2 heterocycles. The second kappa shape index (κ2) is 5.82. The van der Waals surface area contributed by atoms with Gasteiger partial charge in [0.25, 0.3) is 0 Å². The van der Waals surface area contributed by atoms with Crippen LogP contribution in [0.3, 0.4) is 0 Å². The smallest absolute Gasteiger partial charge is 0.0678 e. The van der Waals surface area contributed by atoms with Gasteiger partial charge in [-0.2, -0.15) is 0 Å². The maximum absolute atomic E-state index is 5.89. The first-order chi connectivity index (χ1) is 10.2. The molecule has 0 N–H and O–H groups in total. The molecule has 2 aliphatic heterocycles. The molecule has 0 aromatic rings. The Morgan fingerprint density at radius 1 is 0.810 bits per heavy atom. The third kappa shape index (κ3) is 2.89. The van der Waals surface area contributed by atoms with Crippen LogP contribution in [0.5, 0.6) is 0 Å². The van der Waals surface area contributed by atoms with E-state index in [9.17, 15) is 0 Å². The van der Waals surface area contributed by atoms with E-state index in [2.05, 4.69) is 23.6 Å². The minimum Gasteiger partial charge on any atom is -0.373 e. The van der Waals surface area contributed by atoms with Crippen molar-refractivity contribution in [2.24, 2.45) is 11.8 Å². The van der Waals surface area contributed by atoms with Crippen molar-refractivity contribution in [1.82, 2.24) is 9.80 Å². The van der Waals surface area contributed by atoms with Gasteiger partial charge in [-0.15, -0.1) is 0 Å². The Labute approximate surface area is 130 Å². The summed E-state index contributed by atoms with van der Waals surface area (Å²) in [4.78, 5) is 5.57. The molecule has 21 heavy (non-hydrogen) atoms. The Morgan fingerprint density at radius 3 is 2.10 bits per heavy atom. The minimum absolute atomic E-state index is 0.414. The zero-order valence-corrected chi connectivity index (χ0v) is 13.8. The van der Waals surface area contributed by atoms with E-state index >= 15 is 0 Å². The van der Waals surface area contributed by atoms with Crippen molar-refractivity contribution in [2.75, 3.05) is 26.2 Å². The molecular formula is C18H32N2O. The number of ether oxygens (including phenoxy) is 1. The monoisotopic (exact) mass is 292 g/mol. The summed E-state index contributed by atoms with van der Waals surface area (Å²) >= 11 is 0. The zero-order chi connectivity index (χ0) is 14.4. The van der Waals surface area contributed by atoms with Gasteiger partial charge >= 0.3 is 0 Å². The highest BCUT2D eigenvalue weighted by atomic mass is 16.5. The molecule has 2 aliphatic carbocycles. The maximum Gasteiger partial charge on any atom is 0.0678 e. The quantitative estimate of drug-likeness (QED) is 0.778. The van der Waals surface area contributed by atoms with E-state index < -0.39 is 0 Å². The molecule has 5 atom stereocenters. The molecule has 4 rings (SSSR count). The highest BCUT2D eigenvalue weighted by Crippen LogP contribution is 2.47. The average molecular weight is 292 g/mol. The predicted molar refractivity (Wildman–Crippen MR) is 85.4 cm³/mol. The predicted octanol–water partition coefficient (Wildman–Crippen LogP) is 2.75. The van der Waals surface area contributed by atoms with Crippen molar-refractivity contribution >= 4 is 0 Å². The standard InChI is InChI=1S/C18H32N2O/c1-13-11-20(12-14(2)21-13)17-5-7-19(8-6-17)18-10-15-3-4-16(18)9-15/h13-18H,3-12H2,1-2H3/t13-,14-,15-,16-,18-/m1/s1. The molecule has 0 spiro atoms. The molecule has 2 saturated carbocycles. The lowest BCUT2D eigenvalue weighted by Gasteiger charge is -2.45. The molecule has 0 aromatic carbocycles. The van der Waals surface area contributed by atoms with Gasteiger partial charge in [0.1, 0.15) is 0 Å². The third-order valence-corrected chi connectivity index (χ3v) is 6.63. The molecule has 3 nitrogen and oxygen atoms in total. The van der Waals surface area contributed by atoms with Gasteiger partial charge in [-0.3, -0.25) is 9.80 Å². The molecule has 120 valence electrons. The van der Waals surface area contributed by atoms with Crippen molar-refractivity contribution in [3.05, 3.63) is 0 Å². The number of hydrogen-bond acceptors (Lipinski definition) is 3. The van der Waals surface area contributed by atoms with Crippen LogP contribution < -0.4 is 0 Å². The molecule has 3 heteroatoms. The van der Waals surface area contributed by atoms with Gasteiger partial charge in [-0.1, -0.05) is 6.42 Å². The molecule has 0 unspecified atom stereocenters. The fourth-order valence-electron chi connectivity index (χ4n) is 5.76. The second-order valence-corrected chi connectivity index (χ2v) is 8.22. The van der Waals surface area contributed by atoms with Gasteiger partial charge in [0.15, 0.2) is 0 Å². The lowest BCUT2D eigenvalue weighted by Crippen LogP contribution is -2.54. The van der Waals surface area contributed by atoms with Crippen molar-refractivity contribution in [1.29, 1.82) is 0 Å². The Bertz CT molecular complexity index is 356. The average Bonchev–Trinajstić information content (AvgIpc) is 3.09. The molecular weight excluding hydrogens is 260 g/mol. The Hall–Kier alpha value is -0.120. The van der Waals surface area contributed by atoms with Crippen LogP contribution in [0.1, 0.15) is 52.4 Å². The van der Waals surface area contributed by atoms with Gasteiger partial charge < -0.3 is 4.74 Å². The van der Waals surface area contributed by atoms with Crippen LogP contribution in [0.25, 0.3) is 0 Å². The lowest BCUT2D eigenvalue weighted by molar-refractivity contribution is -0.0879. The number of likely N-dealkylation sites (tertiary alicyclic amines) is 1. The molecule has 0 amide bonds. The topological polar surface area (TPSA) is 15.7 Å². The highest BCUT2D eigenvalue weighted by molar-refractivity contribution is 4.97. The van der Waals surface area contributed by atoms with Gasteiger partial charge in [0, 0.05) is 25.2 Å². The summed E-state index contributed by atoms with van der Waals surface area (Å²) in [7, 11) is 0. The van der Waals surface area contributed by atoms with Crippen LogP contribution in [0.4, 0.5) is 0 Å². The highest BCUT2D eigenvalue weighted by Gasteiger charge is 2.43. The summed E-state index contributed by atoms with van der Waals surface area (Å²) in [6.45, 7) is 9.43. The molecule has 0 radical (unpaired) electrons. The van der Waals surface area contributed by atoms with Crippen LogP contribution in [0, 0.1) is 11.8 Å². The van der Waals surface area contributed by atoms with Crippen LogP contribution in [-0.2, 0) is 4.74 Å². The number of fused-ring (bicyclic) bond motifs is 2. The summed E-state index contributed by atoms with van der Waals surface area (Å²) in [6.07, 6.45) is 9.70. The van der Waals surface area contributed by atoms with Gasteiger partial charge in [-0.05, 0) is 70.9 Å². The van der Waals surface area contributed by atoms with E-state index in [0.29, 0.717) is 12.2 Å². The van der Waals surface area contributed by atoms with E-state index in [1.165, 1.54) is 45.2 Å². The molecule has 4 fully saturated rings. The Balaban J connectivity index is 1.30. The lowest BCUT2D eigenvalue weighted by atomic mass is 9.91. The normalized spacial score (nSPS) is 46.3. The summed E-state index contributed by atoms with van der Waals surface area (Å²) < 4.78 is 5.89. The van der Waals surface area contributed by atoms with Crippen molar-refractivity contribution in [2.45, 2.75) is 76.7 Å². The van der Waals surface area contributed by atoms with Gasteiger partial charge in [-0.25, -0.2) is 0 Å². The van der Waals surface area contributed by atoms with Gasteiger partial charge in [0.05, 0.1) is 12.2 Å². The fraction of sp³-hybridized carbons (Fsp3) is 1.00. The van der Waals surface area contributed by atoms with Crippen molar-refractivity contribution < 1.29 is 4.74 Å². The maximum atomic E-state index is 5.89. The molecule has 2 saturated heterocycles. The summed E-state index contributed by atoms with van der Waals surface area (Å²) in [6, 6.07) is 1.76. The minimum atomic E-state index is 0.414. The van der Waals surface area contributed by atoms with E-state index in [-0.39, 0.29) is 0 Å². The van der Waals surface area contributed by atoms with Crippen molar-refractivity contribution in [3.63, 3.8) is 0 Å². The molecule has 0 aromatic heterocycles. The summed E-state index contributed by atoms with van der Waals surface area (Å²) in [5.74, 6) is 2.13. The van der Waals surface area contributed by atoms with Crippen LogP contribution in [0.15, 0.2) is 0 Å². The van der Waals surface area contributed by atoms with Gasteiger partial charge in [0.2, 0.25) is 0 Å². The van der Waals surface area contributed by atoms with E-state index in [1.807, 2.05) is 0 Å². The first-order valence-electron chi connectivity index (χ1n) is 9.32. The van der Waals surface area contributed by atoms with Crippen molar-refractivity contribution in [3.8, 4) is 0 Å². The van der Waals surface area contributed by atoms with Crippen LogP contribution in [0.2, 0.25) is 0 Å². The number of rotatable bonds is 2. The Kier molecular flexibility index (Phi) is 4.01. The molecule has 2 bridgehead atoms. The SMILES string of the molecule is C[C@@H]1CN(C2CCN([C@@H]3C[C@@H]4CC[C@@H]3C4)CC2)C[C@@H](C)O1. The zero-order valence-electron chi connectivity index (χ0n) is 13.8. The third-order valence-electron chi connectivity index (χ3n) is 6.63. The van der Waals surface area contributed by atoms with Crippen LogP contribution >= 0.6 is 0 Å². The Morgan fingerprint density at radius 2 is 1.52 bits per heavy atom. The second-order valence-electron chi connectivity index (χ2n) is 8.22. The number of hydrogen-bond donors (Lipinski definition) is 0. The first-order valence-corrected chi connectivity index (χ1v) is 9.32. The first kappa shape index (κ1) is 14.5. The number of nitrogens with zero attached hydrogens (tertiary/aromatic N) is 2. The fourth-order valence-corrected chi connectivity index (χ4v) is 5.76. The molecule has 4 aliphatic rings. The van der Waals surface area contributed by atoms with Crippen LogP contribution in [-0.4, -0.2) is 60.3 Å². The summed E-state index contributed by atoms with van der Waals surface area (Å²) in [5.41, 5.74) is 0. The largest absolute Gasteiger partial charge is 0.373 e. The van der Waals surface area contributed by atoms with E-state index in [0.717, 1.165) is 37.0 Å². The summed E-state index contributed by atoms with van der Waals surface area (Å²) in [5, 5.41) is 0. The van der Waals surface area contributed by atoms with E-state index in [4.69, 9.17) is 4.74 Å². The number of piperidine rings is 1. The number of morpholine rings is 1.